The van der Waals surface area contributed by atoms with E-state index >= 15 is 0 Å². The maximum absolute atomic E-state index is 10.2. The number of phenolic OH excluding ortho intramolecular Hbond substituents is 1. The molecule has 0 aliphatic rings. The summed E-state index contributed by atoms with van der Waals surface area (Å²) in [7, 11) is 0. The third-order valence-corrected chi connectivity index (χ3v) is 2.31. The van der Waals surface area contributed by atoms with Crippen LogP contribution >= 0.6 is 0 Å². The highest BCUT2D eigenvalue weighted by molar-refractivity contribution is 5.88. The maximum Gasteiger partial charge on any atom is 0.139 e. The summed E-state index contributed by atoms with van der Waals surface area (Å²) in [5, 5.41) is 10.5. The van der Waals surface area contributed by atoms with Gasteiger partial charge in [-0.1, -0.05) is 12.1 Å². The fraction of sp³-hybridized carbons (Fsp3) is 0.182. The van der Waals surface area contributed by atoms with Gasteiger partial charge in [0.25, 0.3) is 0 Å². The molecule has 0 saturated carbocycles. The lowest BCUT2D eigenvalue weighted by atomic mass is 10.1. The Morgan fingerprint density at radius 2 is 2.29 bits per heavy atom. The second-order valence-corrected chi connectivity index (χ2v) is 3.22. The van der Waals surface area contributed by atoms with Gasteiger partial charge in [0.1, 0.15) is 12.0 Å². The topological polar surface area (TPSA) is 53.1 Å². The molecule has 0 bridgehead atoms. The monoisotopic (exact) mass is 189 g/mol. The minimum Gasteiger partial charge on any atom is -0.506 e. The van der Waals surface area contributed by atoms with Gasteiger partial charge in [-0.3, -0.25) is 0 Å². The Hall–Kier alpha value is -1.77. The molecule has 0 saturated heterocycles. The number of benzene rings is 1. The van der Waals surface area contributed by atoms with Crippen LogP contribution in [-0.2, 0) is 11.2 Å². The highest BCUT2D eigenvalue weighted by Gasteiger charge is 2.05. The first-order valence-corrected chi connectivity index (χ1v) is 4.54. The Bertz CT molecular complexity index is 459. The first-order valence-electron chi connectivity index (χ1n) is 4.54. The molecule has 0 aliphatic carbocycles. The molecule has 0 spiro atoms. The summed E-state index contributed by atoms with van der Waals surface area (Å²) < 4.78 is 0. The van der Waals surface area contributed by atoms with Crippen LogP contribution in [0.2, 0.25) is 0 Å². The van der Waals surface area contributed by atoms with Crippen molar-refractivity contribution in [2.24, 2.45) is 0 Å². The summed E-state index contributed by atoms with van der Waals surface area (Å²) in [6, 6.07) is 5.38. The Morgan fingerprint density at radius 3 is 3.07 bits per heavy atom. The van der Waals surface area contributed by atoms with Gasteiger partial charge in [0, 0.05) is 18.0 Å². The number of fused-ring (bicyclic) bond motifs is 1. The summed E-state index contributed by atoms with van der Waals surface area (Å²) in [6.45, 7) is 0. The van der Waals surface area contributed by atoms with E-state index in [0.29, 0.717) is 12.8 Å². The number of carbonyl (C=O) groups is 1. The van der Waals surface area contributed by atoms with E-state index in [-0.39, 0.29) is 5.75 Å². The van der Waals surface area contributed by atoms with Crippen molar-refractivity contribution in [3.05, 3.63) is 30.0 Å². The Kier molecular flexibility index (Phi) is 2.23. The molecule has 3 nitrogen and oxygen atoms in total. The van der Waals surface area contributed by atoms with E-state index in [1.807, 2.05) is 12.3 Å². The summed E-state index contributed by atoms with van der Waals surface area (Å²) in [6.07, 6.45) is 3.98. The number of rotatable bonds is 3. The highest BCUT2D eigenvalue weighted by atomic mass is 16.3. The number of aromatic amines is 1. The lowest BCUT2D eigenvalue weighted by Crippen LogP contribution is -1.83. The van der Waals surface area contributed by atoms with Gasteiger partial charge >= 0.3 is 0 Å². The van der Waals surface area contributed by atoms with Crippen LogP contribution in [0.15, 0.2) is 24.4 Å². The van der Waals surface area contributed by atoms with Crippen molar-refractivity contribution in [1.29, 1.82) is 0 Å². The van der Waals surface area contributed by atoms with Crippen LogP contribution < -0.4 is 0 Å². The van der Waals surface area contributed by atoms with E-state index < -0.39 is 0 Å². The zero-order chi connectivity index (χ0) is 9.97. The molecule has 2 rings (SSSR count). The lowest BCUT2D eigenvalue weighted by molar-refractivity contribution is -0.107. The highest BCUT2D eigenvalue weighted by Crippen LogP contribution is 2.26. The molecule has 2 N–H and O–H groups in total. The van der Waals surface area contributed by atoms with Crippen LogP contribution in [0.3, 0.4) is 0 Å². The van der Waals surface area contributed by atoms with Crippen molar-refractivity contribution in [3.63, 3.8) is 0 Å². The normalized spacial score (nSPS) is 10.6. The van der Waals surface area contributed by atoms with E-state index in [0.717, 1.165) is 22.8 Å². The molecule has 0 amide bonds. The van der Waals surface area contributed by atoms with Crippen molar-refractivity contribution in [2.75, 3.05) is 0 Å². The molecule has 1 heterocycles. The average molecular weight is 189 g/mol. The van der Waals surface area contributed by atoms with E-state index in [9.17, 15) is 9.90 Å². The van der Waals surface area contributed by atoms with Crippen molar-refractivity contribution in [1.82, 2.24) is 4.98 Å². The second kappa shape index (κ2) is 3.54. The third-order valence-electron chi connectivity index (χ3n) is 2.31. The SMILES string of the molecule is O=CCCc1c[nH]c2c(O)cccc12. The van der Waals surface area contributed by atoms with Gasteiger partial charge in [-0.05, 0) is 18.1 Å². The van der Waals surface area contributed by atoms with Crippen LogP contribution in [0.4, 0.5) is 0 Å². The largest absolute Gasteiger partial charge is 0.506 e. The first-order chi connectivity index (χ1) is 6.83. The number of carbonyl (C=O) groups excluding carboxylic acids is 1. The summed E-state index contributed by atoms with van der Waals surface area (Å²) >= 11 is 0. The number of phenols is 1. The number of aryl methyl sites for hydroxylation is 1. The molecule has 0 fully saturated rings. The number of aromatic hydroxyl groups is 1. The molecule has 1 aromatic heterocycles. The van der Waals surface area contributed by atoms with E-state index in [1.54, 1.807) is 12.1 Å². The average Bonchev–Trinajstić information content (AvgIpc) is 2.60. The van der Waals surface area contributed by atoms with Crippen LogP contribution in [-0.4, -0.2) is 16.4 Å². The molecule has 3 heteroatoms. The number of hydrogen-bond acceptors (Lipinski definition) is 2. The quantitative estimate of drug-likeness (QED) is 0.725. The van der Waals surface area contributed by atoms with E-state index in [1.165, 1.54) is 0 Å². The molecular formula is C11H11NO2. The van der Waals surface area contributed by atoms with Gasteiger partial charge in [0.15, 0.2) is 0 Å². The number of para-hydroxylation sites is 1. The summed E-state index contributed by atoms with van der Waals surface area (Å²) in [5.74, 6) is 0.250. The molecule has 1 aromatic carbocycles. The number of hydrogen-bond donors (Lipinski definition) is 2. The van der Waals surface area contributed by atoms with Crippen LogP contribution in [0, 0.1) is 0 Å². The second-order valence-electron chi connectivity index (χ2n) is 3.22. The van der Waals surface area contributed by atoms with Crippen molar-refractivity contribution in [2.45, 2.75) is 12.8 Å². The van der Waals surface area contributed by atoms with Gasteiger partial charge in [-0.2, -0.15) is 0 Å². The molecule has 0 aliphatic heterocycles. The van der Waals surface area contributed by atoms with Gasteiger partial charge < -0.3 is 14.9 Å². The molecule has 0 unspecified atom stereocenters. The minimum absolute atomic E-state index is 0.250. The maximum atomic E-state index is 10.2. The number of H-pyrrole nitrogens is 1. The Balaban J connectivity index is 2.47. The smallest absolute Gasteiger partial charge is 0.139 e. The molecule has 72 valence electrons. The zero-order valence-corrected chi connectivity index (χ0v) is 7.66. The predicted molar refractivity (Wildman–Crippen MR) is 54.3 cm³/mol. The van der Waals surface area contributed by atoms with Gasteiger partial charge in [0.05, 0.1) is 5.52 Å². The van der Waals surface area contributed by atoms with Crippen LogP contribution in [0.5, 0.6) is 5.75 Å². The Morgan fingerprint density at radius 1 is 1.43 bits per heavy atom. The van der Waals surface area contributed by atoms with Crippen molar-refractivity contribution < 1.29 is 9.90 Å². The summed E-state index contributed by atoms with van der Waals surface area (Å²) in [5.41, 5.74) is 1.82. The summed E-state index contributed by atoms with van der Waals surface area (Å²) in [4.78, 5) is 13.2. The number of nitrogens with one attached hydrogen (secondary N) is 1. The Labute approximate surface area is 81.4 Å². The fourth-order valence-electron chi connectivity index (χ4n) is 1.62. The number of aldehydes is 1. The molecule has 0 atom stereocenters. The van der Waals surface area contributed by atoms with E-state index in [2.05, 4.69) is 4.98 Å². The van der Waals surface area contributed by atoms with Crippen LogP contribution in [0.1, 0.15) is 12.0 Å². The zero-order valence-electron chi connectivity index (χ0n) is 7.66. The molecule has 2 aromatic rings. The molecular weight excluding hydrogens is 178 g/mol. The minimum atomic E-state index is 0.250. The standard InChI is InChI=1S/C11H11NO2/c13-6-2-3-8-7-12-11-9(8)4-1-5-10(11)14/h1,4-7,12,14H,2-3H2. The first kappa shape index (κ1) is 8.81. The third kappa shape index (κ3) is 1.37. The van der Waals surface area contributed by atoms with Crippen LogP contribution in [0.25, 0.3) is 10.9 Å². The van der Waals surface area contributed by atoms with Gasteiger partial charge in [0.2, 0.25) is 0 Å². The van der Waals surface area contributed by atoms with Crippen molar-refractivity contribution >= 4 is 17.2 Å². The molecule has 14 heavy (non-hydrogen) atoms. The fourth-order valence-corrected chi connectivity index (χ4v) is 1.62. The van der Waals surface area contributed by atoms with E-state index in [4.69, 9.17) is 0 Å². The lowest BCUT2D eigenvalue weighted by Gasteiger charge is -1.96. The van der Waals surface area contributed by atoms with Gasteiger partial charge in [-0.25, -0.2) is 0 Å². The van der Waals surface area contributed by atoms with Gasteiger partial charge in [-0.15, -0.1) is 0 Å². The number of aromatic nitrogens is 1. The molecule has 0 radical (unpaired) electrons. The van der Waals surface area contributed by atoms with Crippen molar-refractivity contribution in [3.8, 4) is 5.75 Å². The predicted octanol–water partition coefficient (Wildman–Crippen LogP) is 2.00.